The fraction of sp³-hybridized carbons (Fsp3) is 0.500. The summed E-state index contributed by atoms with van der Waals surface area (Å²) in [5.74, 6) is 0. The van der Waals surface area contributed by atoms with Crippen LogP contribution in [-0.4, -0.2) is 17.3 Å². The predicted molar refractivity (Wildman–Crippen MR) is 66.0 cm³/mol. The van der Waals surface area contributed by atoms with Gasteiger partial charge in [-0.15, -0.1) is 0 Å². The summed E-state index contributed by atoms with van der Waals surface area (Å²) >= 11 is 3.46. The van der Waals surface area contributed by atoms with Gasteiger partial charge in [0.2, 0.25) is 0 Å². The van der Waals surface area contributed by atoms with Crippen LogP contribution in [0.25, 0.3) is 0 Å². The number of nitrogens with one attached hydrogen (secondary N) is 1. The Labute approximate surface area is 98.8 Å². The zero-order valence-electron chi connectivity index (χ0n) is 8.62. The lowest BCUT2D eigenvalue weighted by Crippen LogP contribution is -2.28. The molecular formula is C12H16BrNO. The third kappa shape index (κ3) is 3.21. The lowest BCUT2D eigenvalue weighted by atomic mass is 9.93. The Kier molecular flexibility index (Phi) is 3.65. The van der Waals surface area contributed by atoms with Crippen LogP contribution in [0.1, 0.15) is 25.7 Å². The molecule has 1 aliphatic rings. The summed E-state index contributed by atoms with van der Waals surface area (Å²) in [5, 5.41) is 12.9. The van der Waals surface area contributed by atoms with Gasteiger partial charge in [0.1, 0.15) is 0 Å². The quantitative estimate of drug-likeness (QED) is 0.865. The van der Waals surface area contributed by atoms with Crippen molar-refractivity contribution in [2.45, 2.75) is 37.8 Å². The second-order valence-electron chi connectivity index (χ2n) is 4.16. The molecule has 0 spiro atoms. The Hall–Kier alpha value is -0.540. The minimum atomic E-state index is -0.0782. The van der Waals surface area contributed by atoms with E-state index in [-0.39, 0.29) is 6.10 Å². The highest BCUT2D eigenvalue weighted by Gasteiger charge is 2.18. The van der Waals surface area contributed by atoms with Gasteiger partial charge in [0, 0.05) is 16.2 Å². The largest absolute Gasteiger partial charge is 0.393 e. The number of anilines is 1. The highest BCUT2D eigenvalue weighted by Crippen LogP contribution is 2.23. The molecule has 1 aromatic carbocycles. The van der Waals surface area contributed by atoms with E-state index in [1.54, 1.807) is 0 Å². The van der Waals surface area contributed by atoms with E-state index in [4.69, 9.17) is 0 Å². The van der Waals surface area contributed by atoms with Gasteiger partial charge >= 0.3 is 0 Å². The molecule has 2 nitrogen and oxygen atoms in total. The molecule has 1 fully saturated rings. The molecule has 0 heterocycles. The van der Waals surface area contributed by atoms with Crippen LogP contribution in [0.3, 0.4) is 0 Å². The molecule has 0 bridgehead atoms. The summed E-state index contributed by atoms with van der Waals surface area (Å²) in [4.78, 5) is 0. The molecule has 0 unspecified atom stereocenters. The molecule has 0 aromatic heterocycles. The molecule has 1 aromatic rings. The van der Waals surface area contributed by atoms with Crippen LogP contribution < -0.4 is 5.32 Å². The molecule has 0 radical (unpaired) electrons. The molecule has 82 valence electrons. The fourth-order valence-electron chi connectivity index (χ4n) is 2.03. The SMILES string of the molecule is OC1CCC(Nc2cccc(Br)c2)CC1. The van der Waals surface area contributed by atoms with Gasteiger partial charge in [-0.1, -0.05) is 22.0 Å². The first kappa shape index (κ1) is 11.0. The van der Waals surface area contributed by atoms with Crippen molar-refractivity contribution in [3.8, 4) is 0 Å². The summed E-state index contributed by atoms with van der Waals surface area (Å²) in [6.07, 6.45) is 3.89. The van der Waals surface area contributed by atoms with Gasteiger partial charge in [0.15, 0.2) is 0 Å². The number of aliphatic hydroxyl groups is 1. The van der Waals surface area contributed by atoms with Crippen LogP contribution in [0.5, 0.6) is 0 Å². The van der Waals surface area contributed by atoms with E-state index in [1.807, 2.05) is 12.1 Å². The molecule has 2 rings (SSSR count). The molecule has 1 saturated carbocycles. The van der Waals surface area contributed by atoms with Gasteiger partial charge in [0.05, 0.1) is 6.10 Å². The zero-order valence-corrected chi connectivity index (χ0v) is 10.2. The molecule has 0 atom stereocenters. The smallest absolute Gasteiger partial charge is 0.0541 e. The Morgan fingerprint density at radius 3 is 2.60 bits per heavy atom. The second-order valence-corrected chi connectivity index (χ2v) is 5.08. The number of aliphatic hydroxyl groups excluding tert-OH is 1. The molecule has 15 heavy (non-hydrogen) atoms. The van der Waals surface area contributed by atoms with Gasteiger partial charge in [0.25, 0.3) is 0 Å². The number of rotatable bonds is 2. The van der Waals surface area contributed by atoms with Crippen LogP contribution in [0, 0.1) is 0 Å². The van der Waals surface area contributed by atoms with Gasteiger partial charge < -0.3 is 10.4 Å². The van der Waals surface area contributed by atoms with Crippen molar-refractivity contribution in [1.29, 1.82) is 0 Å². The van der Waals surface area contributed by atoms with Crippen LogP contribution in [0.15, 0.2) is 28.7 Å². The van der Waals surface area contributed by atoms with Gasteiger partial charge in [-0.3, -0.25) is 0 Å². The predicted octanol–water partition coefficient (Wildman–Crippen LogP) is 3.16. The van der Waals surface area contributed by atoms with Crippen LogP contribution in [-0.2, 0) is 0 Å². The maximum absolute atomic E-state index is 9.40. The monoisotopic (exact) mass is 269 g/mol. The summed E-state index contributed by atoms with van der Waals surface area (Å²) < 4.78 is 1.10. The molecule has 0 aliphatic heterocycles. The Balaban J connectivity index is 1.92. The molecule has 2 N–H and O–H groups in total. The highest BCUT2D eigenvalue weighted by atomic mass is 79.9. The van der Waals surface area contributed by atoms with E-state index in [0.29, 0.717) is 6.04 Å². The van der Waals surface area contributed by atoms with Crippen LogP contribution in [0.4, 0.5) is 5.69 Å². The number of benzene rings is 1. The van der Waals surface area contributed by atoms with Gasteiger partial charge in [-0.05, 0) is 43.9 Å². The third-order valence-electron chi connectivity index (χ3n) is 2.89. The Morgan fingerprint density at radius 2 is 1.93 bits per heavy atom. The normalized spacial score (nSPS) is 26.3. The van der Waals surface area contributed by atoms with Gasteiger partial charge in [-0.25, -0.2) is 0 Å². The van der Waals surface area contributed by atoms with Crippen molar-refractivity contribution in [3.63, 3.8) is 0 Å². The topological polar surface area (TPSA) is 32.3 Å². The van der Waals surface area contributed by atoms with E-state index < -0.39 is 0 Å². The average molecular weight is 270 g/mol. The van der Waals surface area contributed by atoms with Crippen molar-refractivity contribution in [2.24, 2.45) is 0 Å². The molecule has 1 aliphatic carbocycles. The molecule has 3 heteroatoms. The Bertz CT molecular complexity index is 321. The first-order valence-electron chi connectivity index (χ1n) is 5.44. The van der Waals surface area contributed by atoms with Crippen LogP contribution >= 0.6 is 15.9 Å². The van der Waals surface area contributed by atoms with Crippen LogP contribution in [0.2, 0.25) is 0 Å². The van der Waals surface area contributed by atoms with E-state index in [9.17, 15) is 5.11 Å². The molecule has 0 amide bonds. The van der Waals surface area contributed by atoms with Crippen molar-refractivity contribution >= 4 is 21.6 Å². The third-order valence-corrected chi connectivity index (χ3v) is 3.39. The molecule has 0 saturated heterocycles. The van der Waals surface area contributed by atoms with E-state index in [2.05, 4.69) is 33.4 Å². The van der Waals surface area contributed by atoms with E-state index in [0.717, 1.165) is 35.8 Å². The maximum atomic E-state index is 9.40. The summed E-state index contributed by atoms with van der Waals surface area (Å²) in [6, 6.07) is 8.74. The van der Waals surface area contributed by atoms with Crippen molar-refractivity contribution in [2.75, 3.05) is 5.32 Å². The molecular weight excluding hydrogens is 254 g/mol. The minimum absolute atomic E-state index is 0.0782. The van der Waals surface area contributed by atoms with E-state index in [1.165, 1.54) is 0 Å². The van der Waals surface area contributed by atoms with Crippen molar-refractivity contribution < 1.29 is 5.11 Å². The number of hydrogen-bond donors (Lipinski definition) is 2. The Morgan fingerprint density at radius 1 is 1.20 bits per heavy atom. The maximum Gasteiger partial charge on any atom is 0.0541 e. The summed E-state index contributed by atoms with van der Waals surface area (Å²) in [7, 11) is 0. The lowest BCUT2D eigenvalue weighted by molar-refractivity contribution is 0.126. The highest BCUT2D eigenvalue weighted by molar-refractivity contribution is 9.10. The first-order valence-corrected chi connectivity index (χ1v) is 6.23. The zero-order chi connectivity index (χ0) is 10.7. The van der Waals surface area contributed by atoms with Gasteiger partial charge in [-0.2, -0.15) is 0 Å². The summed E-state index contributed by atoms with van der Waals surface area (Å²) in [6.45, 7) is 0. The first-order chi connectivity index (χ1) is 7.24. The standard InChI is InChI=1S/C12H16BrNO/c13-9-2-1-3-11(8-9)14-10-4-6-12(15)7-5-10/h1-3,8,10,12,14-15H,4-7H2. The second kappa shape index (κ2) is 4.99. The van der Waals surface area contributed by atoms with Crippen molar-refractivity contribution in [3.05, 3.63) is 28.7 Å². The van der Waals surface area contributed by atoms with Crippen molar-refractivity contribution in [1.82, 2.24) is 0 Å². The number of hydrogen-bond acceptors (Lipinski definition) is 2. The van der Waals surface area contributed by atoms with E-state index >= 15 is 0 Å². The summed E-state index contributed by atoms with van der Waals surface area (Å²) in [5.41, 5.74) is 1.16. The minimum Gasteiger partial charge on any atom is -0.393 e. The lowest BCUT2D eigenvalue weighted by Gasteiger charge is -2.27. The number of halogens is 1. The fourth-order valence-corrected chi connectivity index (χ4v) is 2.43. The average Bonchev–Trinajstić information content (AvgIpc) is 2.22.